The Labute approximate surface area is 189 Å². The van der Waals surface area contributed by atoms with Crippen LogP contribution in [-0.4, -0.2) is 61.9 Å². The third-order valence-corrected chi connectivity index (χ3v) is 7.40. The molecule has 12 heteroatoms. The van der Waals surface area contributed by atoms with Crippen molar-refractivity contribution in [1.29, 1.82) is 0 Å². The highest BCUT2D eigenvalue weighted by atomic mass is 79.9. The van der Waals surface area contributed by atoms with Crippen molar-refractivity contribution < 1.29 is 35.8 Å². The minimum atomic E-state index is -4.28. The van der Waals surface area contributed by atoms with Gasteiger partial charge in [-0.3, -0.25) is 4.79 Å². The summed E-state index contributed by atoms with van der Waals surface area (Å²) in [6, 6.07) is 9.27. The molecule has 0 saturated carbocycles. The van der Waals surface area contributed by atoms with Crippen LogP contribution in [0.1, 0.15) is 10.4 Å². The maximum Gasteiger partial charge on any atom is 0.239 e. The fraction of sp³-hybridized carbons (Fsp3) is 0.316. The van der Waals surface area contributed by atoms with Gasteiger partial charge in [-0.25, -0.2) is 22.0 Å². The van der Waals surface area contributed by atoms with Gasteiger partial charge in [0.1, 0.15) is 23.0 Å². The molecule has 9 nitrogen and oxygen atoms in total. The second kappa shape index (κ2) is 11.2. The van der Waals surface area contributed by atoms with E-state index in [2.05, 4.69) is 15.9 Å². The van der Waals surface area contributed by atoms with E-state index in [-0.39, 0.29) is 12.2 Å². The molecule has 0 aliphatic carbocycles. The van der Waals surface area contributed by atoms with Gasteiger partial charge in [0.2, 0.25) is 10.0 Å². The fourth-order valence-electron chi connectivity index (χ4n) is 2.52. The monoisotopic (exact) mass is 535 g/mol. The molecule has 0 bridgehead atoms. The molecule has 0 amide bonds. The van der Waals surface area contributed by atoms with Crippen LogP contribution in [0.3, 0.4) is 0 Å². The Balaban J connectivity index is 2.15. The van der Waals surface area contributed by atoms with Gasteiger partial charge in [-0.1, -0.05) is 12.1 Å². The van der Waals surface area contributed by atoms with Crippen molar-refractivity contribution in [2.24, 2.45) is 5.14 Å². The molecule has 2 aromatic carbocycles. The fourth-order valence-corrected chi connectivity index (χ4v) is 5.55. The average Bonchev–Trinajstić information content (AvgIpc) is 2.70. The van der Waals surface area contributed by atoms with Gasteiger partial charge in [0, 0.05) is 12.7 Å². The third kappa shape index (κ3) is 7.37. The van der Waals surface area contributed by atoms with Crippen LogP contribution >= 0.6 is 15.9 Å². The summed E-state index contributed by atoms with van der Waals surface area (Å²) in [5, 5.41) is 5.10. The topological polar surface area (TPSA) is 139 Å². The molecule has 0 fully saturated rings. The molecule has 0 saturated heterocycles. The zero-order valence-electron chi connectivity index (χ0n) is 16.6. The van der Waals surface area contributed by atoms with Crippen molar-refractivity contribution in [3.8, 4) is 5.75 Å². The number of carbonyl (C=O) groups is 1. The highest BCUT2D eigenvalue weighted by Crippen LogP contribution is 2.27. The number of sulfonamides is 1. The van der Waals surface area contributed by atoms with Crippen molar-refractivity contribution in [2.45, 2.75) is 9.79 Å². The smallest absolute Gasteiger partial charge is 0.239 e. The first-order valence-electron chi connectivity index (χ1n) is 8.93. The third-order valence-electron chi connectivity index (χ3n) is 3.98. The predicted octanol–water partition coefficient (Wildman–Crippen LogP) is 1.79. The quantitative estimate of drug-likeness (QED) is 0.320. The Hall–Kier alpha value is -1.83. The molecule has 0 aliphatic heterocycles. The Bertz CT molecular complexity index is 1130. The Morgan fingerprint density at radius 2 is 1.61 bits per heavy atom. The van der Waals surface area contributed by atoms with Gasteiger partial charge in [-0.15, -0.1) is 0 Å². The summed E-state index contributed by atoms with van der Waals surface area (Å²) < 4.78 is 65.2. The normalized spacial score (nSPS) is 12.0. The van der Waals surface area contributed by atoms with Crippen LogP contribution in [0.15, 0.2) is 56.7 Å². The van der Waals surface area contributed by atoms with E-state index in [0.717, 1.165) is 12.1 Å². The highest BCUT2D eigenvalue weighted by Gasteiger charge is 2.27. The lowest BCUT2D eigenvalue weighted by Crippen LogP contribution is -2.21. The molecule has 2 rings (SSSR count). The number of ketones is 1. The number of rotatable bonds is 12. The largest absolute Gasteiger partial charge is 0.490 e. The van der Waals surface area contributed by atoms with Crippen LogP contribution in [0, 0.1) is 0 Å². The first kappa shape index (κ1) is 25.4. The first-order valence-corrected chi connectivity index (χ1v) is 12.9. The molecule has 0 atom stereocenters. The number of sulfone groups is 1. The number of carbonyl (C=O) groups excluding carboxylic acids is 1. The molecule has 170 valence electrons. The molecule has 0 unspecified atom stereocenters. The van der Waals surface area contributed by atoms with E-state index >= 15 is 0 Å². The summed E-state index contributed by atoms with van der Waals surface area (Å²) in [5.74, 6) is -1.32. The van der Waals surface area contributed by atoms with Crippen molar-refractivity contribution in [2.75, 3.05) is 39.3 Å². The van der Waals surface area contributed by atoms with Gasteiger partial charge in [-0.05, 0) is 46.3 Å². The first-order chi connectivity index (χ1) is 14.6. The van der Waals surface area contributed by atoms with Crippen LogP contribution < -0.4 is 9.88 Å². The zero-order valence-corrected chi connectivity index (χ0v) is 19.8. The van der Waals surface area contributed by atoms with Crippen molar-refractivity contribution in [3.05, 3.63) is 52.5 Å². The Morgan fingerprint density at radius 1 is 0.968 bits per heavy atom. The minimum absolute atomic E-state index is 0.0927. The van der Waals surface area contributed by atoms with Crippen LogP contribution in [0.25, 0.3) is 0 Å². The van der Waals surface area contributed by atoms with Crippen molar-refractivity contribution in [3.63, 3.8) is 0 Å². The van der Waals surface area contributed by atoms with E-state index in [1.807, 2.05) is 0 Å². The Kier molecular flexibility index (Phi) is 9.15. The minimum Gasteiger partial charge on any atom is -0.490 e. The number of benzene rings is 2. The maximum atomic E-state index is 12.7. The Morgan fingerprint density at radius 3 is 2.26 bits per heavy atom. The number of primary sulfonamides is 1. The van der Waals surface area contributed by atoms with Crippen LogP contribution in [0.4, 0.5) is 0 Å². The van der Waals surface area contributed by atoms with Gasteiger partial charge in [0.25, 0.3) is 0 Å². The van der Waals surface area contributed by atoms with E-state index in [4.69, 9.17) is 19.3 Å². The van der Waals surface area contributed by atoms with Gasteiger partial charge < -0.3 is 14.2 Å². The molecule has 0 radical (unpaired) electrons. The van der Waals surface area contributed by atoms with Crippen molar-refractivity contribution >= 4 is 41.6 Å². The average molecular weight is 536 g/mol. The summed E-state index contributed by atoms with van der Waals surface area (Å²) in [4.78, 5) is 11.6. The van der Waals surface area contributed by atoms with Crippen LogP contribution in [0.5, 0.6) is 5.75 Å². The molecular weight excluding hydrogens is 514 g/mol. The van der Waals surface area contributed by atoms with Crippen LogP contribution in [-0.2, 0) is 29.3 Å². The number of ether oxygens (including phenoxy) is 3. The maximum absolute atomic E-state index is 12.7. The van der Waals surface area contributed by atoms with Gasteiger partial charge in [0.05, 0.1) is 29.2 Å². The molecule has 2 aromatic rings. The lowest BCUT2D eigenvalue weighted by atomic mass is 10.1. The van der Waals surface area contributed by atoms with Crippen molar-refractivity contribution in [1.82, 2.24) is 0 Å². The summed E-state index contributed by atoms with van der Waals surface area (Å²) in [7, 11) is -6.99. The second-order valence-corrected chi connectivity index (χ2v) is 10.6. The summed E-state index contributed by atoms with van der Waals surface area (Å²) >= 11 is 3.31. The number of methoxy groups -OCH3 is 1. The molecule has 31 heavy (non-hydrogen) atoms. The number of hydrogen-bond donors (Lipinski definition) is 1. The molecule has 2 N–H and O–H groups in total. The SMILES string of the molecule is COCCOCCOc1cc(C(=O)CS(=O)(=O)c2ccccc2S(N)(=O)=O)ccc1Br. The molecule has 0 heterocycles. The van der Waals surface area contributed by atoms with Gasteiger partial charge in [0.15, 0.2) is 15.6 Å². The summed E-state index contributed by atoms with van der Waals surface area (Å²) in [6.07, 6.45) is 0. The van der Waals surface area contributed by atoms with Gasteiger partial charge in [-0.2, -0.15) is 0 Å². The summed E-state index contributed by atoms with van der Waals surface area (Å²) in [6.45, 7) is 1.38. The predicted molar refractivity (Wildman–Crippen MR) is 117 cm³/mol. The van der Waals surface area contributed by atoms with E-state index in [0.29, 0.717) is 30.0 Å². The lowest BCUT2D eigenvalue weighted by molar-refractivity contribution is 0.0543. The molecular formula is C19H22BrNO8S2. The number of nitrogens with two attached hydrogens (primary N) is 1. The number of halogens is 1. The van der Waals surface area contributed by atoms with Gasteiger partial charge >= 0.3 is 0 Å². The van der Waals surface area contributed by atoms with E-state index in [1.54, 1.807) is 13.2 Å². The van der Waals surface area contributed by atoms with Crippen LogP contribution in [0.2, 0.25) is 0 Å². The lowest BCUT2D eigenvalue weighted by Gasteiger charge is -2.11. The second-order valence-electron chi connectivity index (χ2n) is 6.27. The molecule has 0 aromatic heterocycles. The summed E-state index contributed by atoms with van der Waals surface area (Å²) in [5.41, 5.74) is 0.0927. The van der Waals surface area contributed by atoms with E-state index in [1.165, 1.54) is 24.3 Å². The number of hydrogen-bond acceptors (Lipinski definition) is 8. The molecule has 0 aliphatic rings. The molecule has 0 spiro atoms. The van der Waals surface area contributed by atoms with E-state index < -0.39 is 41.2 Å². The van der Waals surface area contributed by atoms with E-state index in [9.17, 15) is 21.6 Å². The highest BCUT2D eigenvalue weighted by molar-refractivity contribution is 9.10. The standard InChI is InChI=1S/C19H22BrNO8S2/c1-27-8-9-28-10-11-29-17-12-14(6-7-15(17)20)16(22)13-30(23,24)18-4-2-3-5-19(18)31(21,25)26/h2-7,12H,8-11,13H2,1H3,(H2,21,25,26). The zero-order chi connectivity index (χ0) is 23.1. The number of Topliss-reactive ketones (excluding diaryl/α,β-unsaturated/α-hetero) is 1.